The maximum absolute atomic E-state index is 12.8. The molecule has 0 saturated carbocycles. The number of esters is 1. The van der Waals surface area contributed by atoms with E-state index in [2.05, 4.69) is 15.0 Å². The second kappa shape index (κ2) is 14.4. The van der Waals surface area contributed by atoms with Crippen molar-refractivity contribution in [2.75, 3.05) is 26.9 Å². The summed E-state index contributed by atoms with van der Waals surface area (Å²) in [5.41, 5.74) is 10.8. The number of hydrogen-bond acceptors (Lipinski definition) is 19. The van der Waals surface area contributed by atoms with Crippen molar-refractivity contribution in [1.82, 2.24) is 10.2 Å². The maximum atomic E-state index is 12.8. The molecule has 21 heteroatoms. The van der Waals surface area contributed by atoms with Crippen LogP contribution in [0.15, 0.2) is 17.3 Å². The molecule has 1 amide bonds. The highest BCUT2D eigenvalue weighted by molar-refractivity contribution is 7.33. The fourth-order valence-electron chi connectivity index (χ4n) is 4.47. The van der Waals surface area contributed by atoms with Gasteiger partial charge in [-0.15, -0.1) is 4.52 Å². The van der Waals surface area contributed by atoms with Crippen LogP contribution in [-0.2, 0) is 37.4 Å². The van der Waals surface area contributed by atoms with Gasteiger partial charge in [0, 0.05) is 17.2 Å². The minimum Gasteiger partial charge on any atom is -0.465 e. The summed E-state index contributed by atoms with van der Waals surface area (Å²) in [6, 6.07) is -1.49. The summed E-state index contributed by atoms with van der Waals surface area (Å²) in [5.74, 6) is -4.89. The molecule has 2 fully saturated rings. The number of amides is 1. The van der Waals surface area contributed by atoms with Crippen molar-refractivity contribution in [3.05, 3.63) is 12.3 Å². The van der Waals surface area contributed by atoms with Crippen LogP contribution in [0.3, 0.4) is 0 Å². The van der Waals surface area contributed by atoms with Gasteiger partial charge in [0.15, 0.2) is 6.23 Å². The van der Waals surface area contributed by atoms with E-state index in [9.17, 15) is 49.9 Å². The normalized spacial score (nSPS) is 36.6. The number of carbonyl (C=O) groups excluding carboxylic acids is 2. The Morgan fingerprint density at radius 1 is 1.29 bits per heavy atom. The van der Waals surface area contributed by atoms with Gasteiger partial charge in [0.25, 0.3) is 0 Å². The predicted octanol–water partition coefficient (Wildman–Crippen LogP) is -6.24. The number of ether oxygens (including phenoxy) is 3. The number of methoxy groups -OCH3 is 1. The van der Waals surface area contributed by atoms with Gasteiger partial charge in [-0.2, -0.15) is 0 Å². The van der Waals surface area contributed by atoms with Crippen LogP contribution in [0.5, 0.6) is 0 Å². The van der Waals surface area contributed by atoms with Crippen LogP contribution in [-0.4, -0.2) is 152 Å². The van der Waals surface area contributed by atoms with Gasteiger partial charge in [-0.25, -0.2) is 9.79 Å². The molecule has 0 radical (unpaired) electrons. The summed E-state index contributed by atoms with van der Waals surface area (Å²) in [6.07, 6.45) is -13.2. The van der Waals surface area contributed by atoms with E-state index in [1.54, 1.807) is 0 Å². The zero-order valence-corrected chi connectivity index (χ0v) is 23.0. The first-order chi connectivity index (χ1) is 19.8. The third-order valence-corrected chi connectivity index (χ3v) is 7.45. The van der Waals surface area contributed by atoms with Gasteiger partial charge < -0.3 is 71.6 Å². The van der Waals surface area contributed by atoms with Crippen molar-refractivity contribution < 1.29 is 73.2 Å². The second-order valence-electron chi connectivity index (χ2n) is 9.46. The van der Waals surface area contributed by atoms with E-state index in [1.807, 2.05) is 0 Å². The van der Waals surface area contributed by atoms with Crippen molar-refractivity contribution in [2.45, 2.75) is 73.6 Å². The first kappa shape index (κ1) is 34.1. The van der Waals surface area contributed by atoms with E-state index in [0.717, 1.165) is 12.0 Å². The fraction of sp³-hybridized carbons (Fsp3) is 0.762. The molecule has 0 aromatic heterocycles. The Kier molecular flexibility index (Phi) is 11.6. The standard InChI is InChI=1S/C21H34N5O15P/c1-37-19(34)21(4-8(28)13(25-12(30)5-22)17(40-21)14(31)9(29)6-27)41-42(36)38-7-10-15(32)16(33)18(39-10)26-3-2-11(23)24-20(26)35/h2-3,8-10,13-18,20,27-29,31-33,35H,4-7,22H2,1H3,(H2-,23,24,25,30)/p+1/t8?,9-,10-,13-,14-,15?,16?,17?,18-,20?,21-/m1/s1. The number of rotatable bonds is 12. The highest BCUT2D eigenvalue weighted by Crippen LogP contribution is 2.42. The van der Waals surface area contributed by atoms with Crippen LogP contribution in [0.2, 0.25) is 0 Å². The van der Waals surface area contributed by atoms with Crippen molar-refractivity contribution in [1.29, 1.82) is 0 Å². The summed E-state index contributed by atoms with van der Waals surface area (Å²) < 4.78 is 38.9. The minimum absolute atomic E-state index is 0.00380. The highest BCUT2D eigenvalue weighted by Gasteiger charge is 2.61. The Balaban J connectivity index is 1.74. The summed E-state index contributed by atoms with van der Waals surface area (Å²) in [6.45, 7) is -2.22. The molecule has 0 aliphatic carbocycles. The summed E-state index contributed by atoms with van der Waals surface area (Å²) in [4.78, 5) is 29.4. The van der Waals surface area contributed by atoms with Crippen LogP contribution < -0.4 is 16.8 Å². The van der Waals surface area contributed by atoms with Crippen molar-refractivity contribution in [3.8, 4) is 0 Å². The average molecular weight is 629 g/mol. The molecule has 3 aliphatic rings. The second-order valence-corrected chi connectivity index (χ2v) is 10.3. The van der Waals surface area contributed by atoms with Gasteiger partial charge in [0.1, 0.15) is 49.1 Å². The van der Waals surface area contributed by atoms with Crippen LogP contribution in [0.4, 0.5) is 0 Å². The molecule has 0 bridgehead atoms. The number of carbonyl (C=O) groups is 2. The molecule has 12 N–H and O–H groups in total. The van der Waals surface area contributed by atoms with Crippen molar-refractivity contribution in [3.63, 3.8) is 0 Å². The number of amidine groups is 1. The molecular weight excluding hydrogens is 593 g/mol. The van der Waals surface area contributed by atoms with Gasteiger partial charge in [-0.05, 0) is 6.08 Å². The van der Waals surface area contributed by atoms with E-state index in [1.165, 1.54) is 12.3 Å². The van der Waals surface area contributed by atoms with Crippen molar-refractivity contribution in [2.24, 2.45) is 16.5 Å². The SMILES string of the molecule is COC(=O)[C@]1(O[P+](=O)OC[C@H]2O[C@@H](N3C=CC(N)=NC3O)C(O)C2O)CC(O)[C@@H](NC(=O)CN)C([C@H](O)[C@H](O)CO)O1. The number of aliphatic imine (C=N–C) groups is 1. The Morgan fingerprint density at radius 2 is 1.98 bits per heavy atom. The molecule has 6 unspecified atom stereocenters. The first-order valence-electron chi connectivity index (χ1n) is 12.5. The molecule has 0 aromatic rings. The van der Waals surface area contributed by atoms with E-state index in [-0.39, 0.29) is 5.84 Å². The van der Waals surface area contributed by atoms with E-state index in [4.69, 9.17) is 30.0 Å². The third kappa shape index (κ3) is 7.37. The Morgan fingerprint density at radius 3 is 2.57 bits per heavy atom. The van der Waals surface area contributed by atoms with Crippen LogP contribution in [0.1, 0.15) is 6.42 Å². The molecule has 3 aliphatic heterocycles. The minimum atomic E-state index is -3.37. The van der Waals surface area contributed by atoms with Gasteiger partial charge in [0.05, 0.1) is 32.4 Å². The lowest BCUT2D eigenvalue weighted by molar-refractivity contribution is -0.286. The number of aliphatic hydroxyl groups is 7. The molecule has 20 nitrogen and oxygen atoms in total. The lowest BCUT2D eigenvalue weighted by atomic mass is 9.88. The van der Waals surface area contributed by atoms with Crippen LogP contribution in [0, 0.1) is 0 Å². The Bertz CT molecular complexity index is 1050. The smallest absolute Gasteiger partial charge is 0.465 e. The fourth-order valence-corrected chi connectivity index (χ4v) is 5.22. The molecular formula is C21H35N5O15P+. The quantitative estimate of drug-likeness (QED) is 0.0709. The third-order valence-electron chi connectivity index (χ3n) is 6.65. The largest absolute Gasteiger partial charge is 0.701 e. The Hall–Kier alpha value is -2.43. The van der Waals surface area contributed by atoms with Gasteiger partial charge in [0.2, 0.25) is 12.3 Å². The van der Waals surface area contributed by atoms with Crippen LogP contribution >= 0.6 is 8.25 Å². The van der Waals surface area contributed by atoms with Crippen LogP contribution in [0.25, 0.3) is 0 Å². The number of hydrogen-bond donors (Lipinski definition) is 10. The number of nitrogens with two attached hydrogens (primary N) is 2. The first-order valence-corrected chi connectivity index (χ1v) is 13.6. The average Bonchev–Trinajstić information content (AvgIpc) is 3.24. The molecule has 12 atom stereocenters. The number of aliphatic hydroxyl groups excluding tert-OH is 7. The lowest BCUT2D eigenvalue weighted by Gasteiger charge is -2.44. The topological polar surface area (TPSA) is 319 Å². The van der Waals surface area contributed by atoms with Crippen molar-refractivity contribution >= 4 is 26.0 Å². The van der Waals surface area contributed by atoms with E-state index >= 15 is 0 Å². The number of nitrogens with one attached hydrogen (secondary N) is 1. The molecule has 3 heterocycles. The molecule has 2 saturated heterocycles. The number of nitrogens with zero attached hydrogens (tertiary/aromatic N) is 2. The summed E-state index contributed by atoms with van der Waals surface area (Å²) >= 11 is 0. The molecule has 3 rings (SSSR count). The molecule has 0 spiro atoms. The summed E-state index contributed by atoms with van der Waals surface area (Å²) in [5, 5.41) is 73.8. The Labute approximate surface area is 239 Å². The molecule has 0 aromatic carbocycles. The van der Waals surface area contributed by atoms with E-state index in [0.29, 0.717) is 0 Å². The maximum Gasteiger partial charge on any atom is 0.701 e. The lowest BCUT2D eigenvalue weighted by Crippen LogP contribution is -2.68. The highest BCUT2D eigenvalue weighted by atomic mass is 31.1. The zero-order chi connectivity index (χ0) is 31.4. The van der Waals surface area contributed by atoms with Gasteiger partial charge >= 0.3 is 20.0 Å². The van der Waals surface area contributed by atoms with Gasteiger partial charge in [-0.3, -0.25) is 4.79 Å². The predicted molar refractivity (Wildman–Crippen MR) is 134 cm³/mol. The zero-order valence-electron chi connectivity index (χ0n) is 22.1. The monoisotopic (exact) mass is 628 g/mol. The molecule has 42 heavy (non-hydrogen) atoms. The molecule has 238 valence electrons. The van der Waals surface area contributed by atoms with Gasteiger partial charge in [-0.1, -0.05) is 4.52 Å². The summed E-state index contributed by atoms with van der Waals surface area (Å²) in [7, 11) is -2.47. The van der Waals surface area contributed by atoms with E-state index < -0.39 is 113 Å².